The molecule has 0 atom stereocenters. The number of fused-ring (bicyclic) bond motifs is 6. The van der Waals surface area contributed by atoms with Crippen LogP contribution >= 0.6 is 54.5 Å². The number of methoxy groups -OCH3 is 2. The van der Waals surface area contributed by atoms with Gasteiger partial charge >= 0.3 is 0 Å². The van der Waals surface area contributed by atoms with Crippen molar-refractivity contribution in [1.82, 2.24) is 0 Å². The Labute approximate surface area is 546 Å². The second-order valence-electron chi connectivity index (χ2n) is 27.3. The van der Waals surface area contributed by atoms with E-state index in [0.717, 1.165) is 0 Å². The van der Waals surface area contributed by atoms with Crippen LogP contribution < -0.4 is 9.47 Å². The van der Waals surface area contributed by atoms with Crippen molar-refractivity contribution in [3.8, 4) is 32.4 Å². The summed E-state index contributed by atoms with van der Waals surface area (Å²) in [7, 11) is 4.07. The first-order valence-corrected chi connectivity index (χ1v) is 40.5. The quantitative estimate of drug-likeness (QED) is 0.0525. The van der Waals surface area contributed by atoms with Crippen LogP contribution in [0.2, 0.25) is 0 Å². The van der Waals surface area contributed by atoms with Crippen LogP contribution in [-0.4, -0.2) is 14.2 Å². The SMILES string of the molecule is CCCCCCCCCCCCCCCC1(CCCCCCCCCCCCCCC)c2cc(Br)sc2-c2c(OC)c3c(c(OC)c21)-c1sc(Br)cc1C3(CCCCCCCCCCCCCCC)CCCCCCCCCCCCCCC. The minimum Gasteiger partial charge on any atom is -0.496 e. The summed E-state index contributed by atoms with van der Waals surface area (Å²) >= 11 is 12.3. The van der Waals surface area contributed by atoms with Gasteiger partial charge in [-0.1, -0.05) is 362 Å². The number of halogens is 2. The maximum absolute atomic E-state index is 7.16. The third kappa shape index (κ3) is 24.1. The molecule has 6 heteroatoms. The molecule has 0 N–H and O–H groups in total. The van der Waals surface area contributed by atoms with Crippen molar-refractivity contribution in [3.63, 3.8) is 0 Å². The summed E-state index contributed by atoms with van der Waals surface area (Å²) in [5.41, 5.74) is 8.72. The molecule has 0 unspecified atom stereocenters. The summed E-state index contributed by atoms with van der Waals surface area (Å²) in [5.74, 6) is 2.39. The minimum atomic E-state index is -0.0968. The van der Waals surface area contributed by atoms with E-state index < -0.39 is 0 Å². The van der Waals surface area contributed by atoms with Crippen molar-refractivity contribution in [3.05, 3.63) is 42.0 Å². The average molecular weight is 1330 g/mol. The second-order valence-corrected chi connectivity index (χ2v) is 32.2. The molecule has 482 valence electrons. The predicted octanol–water partition coefficient (Wildman–Crippen LogP) is 29.8. The van der Waals surface area contributed by atoms with Crippen molar-refractivity contribution in [2.75, 3.05) is 14.2 Å². The fraction of sp³-hybridized carbons (Fsp3) is 0.821. The largest absolute Gasteiger partial charge is 0.496 e. The van der Waals surface area contributed by atoms with Gasteiger partial charge in [-0.05, 0) is 80.8 Å². The average Bonchev–Trinajstić information content (AvgIpc) is 1.71. The van der Waals surface area contributed by atoms with E-state index in [1.54, 1.807) is 11.1 Å². The normalized spacial score (nSPS) is 13.7. The number of rotatable bonds is 58. The maximum atomic E-state index is 7.16. The highest BCUT2D eigenvalue weighted by Gasteiger charge is 2.54. The molecule has 5 rings (SSSR count). The first-order valence-electron chi connectivity index (χ1n) is 37.3. The van der Waals surface area contributed by atoms with Gasteiger partial charge in [0, 0.05) is 42.8 Å². The summed E-state index contributed by atoms with van der Waals surface area (Å²) in [6, 6.07) is 5.13. The van der Waals surface area contributed by atoms with Crippen LogP contribution in [0.1, 0.15) is 410 Å². The standard InChI is InChI=1S/C78H132Br2O2S2/c1-7-11-15-19-23-27-31-35-39-43-47-51-55-59-77(60-56-52-48-44-40-36-32-28-24-20-16-12-8-2)65-63-67(79)83-75(65)69-71(77)73(81-5)70-72(74(69)82-6)78(66-64-68(80)84-76(66)70,61-57-53-49-45-41-37-33-29-25-21-17-13-9-3)62-58-54-50-46-42-38-34-30-26-22-18-14-10-4/h63-64H,7-62H2,1-6H3. The summed E-state index contributed by atoms with van der Waals surface area (Å²) in [6.45, 7) is 9.31. The van der Waals surface area contributed by atoms with E-state index in [2.05, 4.69) is 71.7 Å². The van der Waals surface area contributed by atoms with Gasteiger partial charge in [-0.25, -0.2) is 0 Å². The monoisotopic (exact) mass is 1320 g/mol. The van der Waals surface area contributed by atoms with E-state index in [9.17, 15) is 0 Å². The Morgan fingerprint density at radius 1 is 0.286 bits per heavy atom. The van der Waals surface area contributed by atoms with Gasteiger partial charge in [-0.15, -0.1) is 22.7 Å². The van der Waals surface area contributed by atoms with Crippen LogP contribution in [0.15, 0.2) is 19.7 Å². The molecule has 1 aromatic carbocycles. The van der Waals surface area contributed by atoms with Gasteiger partial charge < -0.3 is 9.47 Å². The molecule has 2 aliphatic carbocycles. The Morgan fingerprint density at radius 2 is 0.464 bits per heavy atom. The number of ether oxygens (including phenoxy) is 2. The molecule has 84 heavy (non-hydrogen) atoms. The van der Waals surface area contributed by atoms with E-state index in [1.165, 1.54) is 411 Å². The Bertz CT molecular complexity index is 1910. The van der Waals surface area contributed by atoms with E-state index in [4.69, 9.17) is 9.47 Å². The highest BCUT2D eigenvalue weighted by molar-refractivity contribution is 9.11. The van der Waals surface area contributed by atoms with Crippen LogP contribution in [0.5, 0.6) is 11.5 Å². The molecule has 2 aromatic heterocycles. The zero-order valence-electron chi connectivity index (χ0n) is 56.1. The molecular formula is C78H132Br2O2S2. The van der Waals surface area contributed by atoms with Gasteiger partial charge in [-0.3, -0.25) is 0 Å². The van der Waals surface area contributed by atoms with Gasteiger partial charge in [0.05, 0.1) is 21.8 Å². The van der Waals surface area contributed by atoms with Crippen molar-refractivity contribution < 1.29 is 9.47 Å². The smallest absolute Gasteiger partial charge is 0.132 e. The first kappa shape index (κ1) is 73.9. The highest BCUT2D eigenvalue weighted by atomic mass is 79.9. The van der Waals surface area contributed by atoms with Gasteiger partial charge in [-0.2, -0.15) is 0 Å². The summed E-state index contributed by atoms with van der Waals surface area (Å²) < 4.78 is 16.9. The minimum absolute atomic E-state index is 0.0968. The lowest BCUT2D eigenvalue weighted by molar-refractivity contribution is 0.349. The Hall–Kier alpha value is -0.820. The molecule has 2 aliphatic rings. The van der Waals surface area contributed by atoms with Crippen molar-refractivity contribution in [1.29, 1.82) is 0 Å². The fourth-order valence-electron chi connectivity index (χ4n) is 15.6. The van der Waals surface area contributed by atoms with E-state index in [-0.39, 0.29) is 10.8 Å². The molecule has 0 saturated heterocycles. The molecule has 0 bridgehead atoms. The van der Waals surface area contributed by atoms with E-state index in [0.29, 0.717) is 0 Å². The lowest BCUT2D eigenvalue weighted by atomic mass is 9.68. The second kappa shape index (κ2) is 45.4. The van der Waals surface area contributed by atoms with Crippen LogP contribution in [0.3, 0.4) is 0 Å². The van der Waals surface area contributed by atoms with Crippen LogP contribution in [0.4, 0.5) is 0 Å². The number of benzene rings is 1. The zero-order chi connectivity index (χ0) is 59.8. The number of thiophene rings is 2. The molecule has 0 fully saturated rings. The van der Waals surface area contributed by atoms with Gasteiger partial charge in [0.25, 0.3) is 0 Å². The number of hydrogen-bond donors (Lipinski definition) is 0. The van der Waals surface area contributed by atoms with Gasteiger partial charge in [0.1, 0.15) is 11.5 Å². The molecule has 0 radical (unpaired) electrons. The molecule has 0 spiro atoms. The van der Waals surface area contributed by atoms with Crippen LogP contribution in [0.25, 0.3) is 20.9 Å². The molecule has 2 heterocycles. The topological polar surface area (TPSA) is 18.5 Å². The van der Waals surface area contributed by atoms with Crippen molar-refractivity contribution in [2.45, 2.75) is 398 Å². The predicted molar refractivity (Wildman–Crippen MR) is 384 cm³/mol. The van der Waals surface area contributed by atoms with Crippen LogP contribution in [-0.2, 0) is 10.8 Å². The zero-order valence-corrected chi connectivity index (χ0v) is 60.9. The Morgan fingerprint density at radius 3 is 0.643 bits per heavy atom. The Kier molecular flexibility index (Phi) is 40.0. The molecular weight excluding hydrogens is 1190 g/mol. The van der Waals surface area contributed by atoms with Crippen LogP contribution in [0, 0.1) is 0 Å². The fourth-order valence-corrected chi connectivity index (χ4v) is 19.1. The Balaban J connectivity index is 1.41. The maximum Gasteiger partial charge on any atom is 0.132 e. The number of unbranched alkanes of at least 4 members (excludes halogenated alkanes) is 48. The molecule has 0 aliphatic heterocycles. The molecule has 2 nitrogen and oxygen atoms in total. The van der Waals surface area contributed by atoms with Gasteiger partial charge in [0.15, 0.2) is 0 Å². The lowest BCUT2D eigenvalue weighted by Crippen LogP contribution is -2.28. The molecule has 0 amide bonds. The molecule has 3 aromatic rings. The van der Waals surface area contributed by atoms with E-state index >= 15 is 0 Å². The summed E-state index contributed by atoms with van der Waals surface area (Å²) in [4.78, 5) is 2.93. The van der Waals surface area contributed by atoms with E-state index in [1.807, 2.05) is 36.9 Å². The number of hydrogen-bond acceptors (Lipinski definition) is 4. The molecule has 0 saturated carbocycles. The van der Waals surface area contributed by atoms with Crippen molar-refractivity contribution >= 4 is 54.5 Å². The lowest BCUT2D eigenvalue weighted by Gasteiger charge is -2.37. The first-order chi connectivity index (χ1) is 41.4. The summed E-state index contributed by atoms with van der Waals surface area (Å²) in [5, 5.41) is 0. The third-order valence-electron chi connectivity index (χ3n) is 20.5. The van der Waals surface area contributed by atoms with Crippen molar-refractivity contribution in [2.24, 2.45) is 0 Å². The third-order valence-corrected chi connectivity index (χ3v) is 23.8. The summed E-state index contributed by atoms with van der Waals surface area (Å²) in [6.07, 6.45) is 77.0. The van der Waals surface area contributed by atoms with Gasteiger partial charge in [0.2, 0.25) is 0 Å². The highest BCUT2D eigenvalue weighted by Crippen LogP contribution is 2.71.